The Bertz CT molecular complexity index is 372. The zero-order valence-electron chi connectivity index (χ0n) is 12.4. The molecule has 0 aliphatic carbocycles. The predicted octanol–water partition coefficient (Wildman–Crippen LogP) is 1.67. The molecule has 0 atom stereocenters. The van der Waals surface area contributed by atoms with Crippen molar-refractivity contribution in [1.29, 1.82) is 0 Å². The van der Waals surface area contributed by atoms with Gasteiger partial charge in [-0.05, 0) is 20.0 Å². The van der Waals surface area contributed by atoms with Crippen LogP contribution in [0.5, 0.6) is 5.75 Å². The first-order valence-corrected chi connectivity index (χ1v) is 6.78. The van der Waals surface area contributed by atoms with E-state index in [0.29, 0.717) is 5.75 Å². The number of anilines is 2. The van der Waals surface area contributed by atoms with Gasteiger partial charge in [0.05, 0.1) is 7.11 Å². The Hall–Kier alpha value is -1.56. The lowest BCUT2D eigenvalue weighted by Crippen LogP contribution is -2.25. The lowest BCUT2D eigenvalue weighted by molar-refractivity contribution is 0.366. The summed E-state index contributed by atoms with van der Waals surface area (Å²) < 4.78 is 5.39. The molecule has 0 radical (unpaired) electrons. The molecule has 0 aliphatic heterocycles. The SMILES string of the molecule is CCCNc1ncnc(NCCN(C)CC)c1OC. The molecule has 108 valence electrons. The number of nitrogens with one attached hydrogen (secondary N) is 2. The molecule has 1 heterocycles. The summed E-state index contributed by atoms with van der Waals surface area (Å²) in [6, 6.07) is 0. The summed E-state index contributed by atoms with van der Waals surface area (Å²) in [5.41, 5.74) is 0. The smallest absolute Gasteiger partial charge is 0.204 e. The number of hydrogen-bond donors (Lipinski definition) is 2. The summed E-state index contributed by atoms with van der Waals surface area (Å²) >= 11 is 0. The van der Waals surface area contributed by atoms with Crippen LogP contribution in [0.3, 0.4) is 0 Å². The number of hydrogen-bond acceptors (Lipinski definition) is 6. The van der Waals surface area contributed by atoms with Crippen molar-refractivity contribution in [1.82, 2.24) is 14.9 Å². The van der Waals surface area contributed by atoms with Crippen molar-refractivity contribution in [2.75, 3.05) is 51.0 Å². The monoisotopic (exact) mass is 267 g/mol. The van der Waals surface area contributed by atoms with Crippen LogP contribution in [0.4, 0.5) is 11.6 Å². The average molecular weight is 267 g/mol. The Morgan fingerprint density at radius 3 is 2.32 bits per heavy atom. The number of nitrogens with zero attached hydrogens (tertiary/aromatic N) is 3. The molecule has 6 heteroatoms. The molecular weight excluding hydrogens is 242 g/mol. The molecule has 6 nitrogen and oxygen atoms in total. The van der Waals surface area contributed by atoms with Gasteiger partial charge in [-0.3, -0.25) is 0 Å². The van der Waals surface area contributed by atoms with E-state index in [1.165, 1.54) is 0 Å². The fourth-order valence-corrected chi connectivity index (χ4v) is 1.59. The van der Waals surface area contributed by atoms with Crippen molar-refractivity contribution in [2.45, 2.75) is 20.3 Å². The first-order valence-electron chi connectivity index (χ1n) is 6.78. The fraction of sp³-hybridized carbons (Fsp3) is 0.692. The van der Waals surface area contributed by atoms with Crippen LogP contribution >= 0.6 is 0 Å². The van der Waals surface area contributed by atoms with Gasteiger partial charge >= 0.3 is 0 Å². The Kier molecular flexibility index (Phi) is 6.95. The third-order valence-electron chi connectivity index (χ3n) is 2.88. The lowest BCUT2D eigenvalue weighted by atomic mass is 10.4. The standard InChI is InChI=1S/C13H25N5O/c1-5-7-14-12-11(19-4)13(17-10-16-12)15-8-9-18(3)6-2/h10H,5-9H2,1-4H3,(H2,14,15,16,17). The van der Waals surface area contributed by atoms with E-state index in [-0.39, 0.29) is 0 Å². The Balaban J connectivity index is 2.66. The molecule has 1 aromatic rings. The predicted molar refractivity (Wildman–Crippen MR) is 79.0 cm³/mol. The zero-order chi connectivity index (χ0) is 14.1. The maximum atomic E-state index is 5.39. The van der Waals surface area contributed by atoms with Crippen molar-refractivity contribution < 1.29 is 4.74 Å². The minimum atomic E-state index is 0.676. The van der Waals surface area contributed by atoms with E-state index in [0.717, 1.165) is 44.2 Å². The number of aromatic nitrogens is 2. The summed E-state index contributed by atoms with van der Waals surface area (Å²) in [7, 11) is 3.73. The maximum Gasteiger partial charge on any atom is 0.204 e. The van der Waals surface area contributed by atoms with Crippen molar-refractivity contribution in [2.24, 2.45) is 0 Å². The summed E-state index contributed by atoms with van der Waals surface area (Å²) in [6.45, 7) is 7.93. The molecule has 2 N–H and O–H groups in total. The second-order valence-electron chi connectivity index (χ2n) is 4.35. The average Bonchev–Trinajstić information content (AvgIpc) is 2.44. The van der Waals surface area contributed by atoms with Gasteiger partial charge in [-0.15, -0.1) is 0 Å². The quantitative estimate of drug-likeness (QED) is 0.709. The molecule has 0 saturated heterocycles. The molecule has 0 spiro atoms. The summed E-state index contributed by atoms with van der Waals surface area (Å²) in [5, 5.41) is 6.53. The van der Waals surface area contributed by atoms with Crippen LogP contribution in [0.15, 0.2) is 6.33 Å². The molecular formula is C13H25N5O. The molecule has 1 rings (SSSR count). The highest BCUT2D eigenvalue weighted by Gasteiger charge is 2.11. The lowest BCUT2D eigenvalue weighted by Gasteiger charge is -2.16. The van der Waals surface area contributed by atoms with Gasteiger partial charge in [0.25, 0.3) is 0 Å². The Morgan fingerprint density at radius 1 is 1.16 bits per heavy atom. The molecule has 0 unspecified atom stereocenters. The molecule has 19 heavy (non-hydrogen) atoms. The van der Waals surface area contributed by atoms with E-state index in [9.17, 15) is 0 Å². The van der Waals surface area contributed by atoms with Crippen LogP contribution in [0, 0.1) is 0 Å². The van der Waals surface area contributed by atoms with Crippen LogP contribution < -0.4 is 15.4 Å². The van der Waals surface area contributed by atoms with Gasteiger partial charge in [-0.1, -0.05) is 13.8 Å². The Labute approximate surface area is 115 Å². The van der Waals surface area contributed by atoms with Gasteiger partial charge in [0.15, 0.2) is 11.6 Å². The van der Waals surface area contributed by atoms with Crippen molar-refractivity contribution >= 4 is 11.6 Å². The molecule has 0 amide bonds. The molecule has 0 saturated carbocycles. The van der Waals surface area contributed by atoms with Crippen LogP contribution in [0.25, 0.3) is 0 Å². The van der Waals surface area contributed by atoms with Gasteiger partial charge in [0.1, 0.15) is 6.33 Å². The second kappa shape index (κ2) is 8.53. The first-order chi connectivity index (χ1) is 9.22. The van der Waals surface area contributed by atoms with Gasteiger partial charge < -0.3 is 20.3 Å². The first kappa shape index (κ1) is 15.5. The minimum absolute atomic E-state index is 0.676. The van der Waals surface area contributed by atoms with Crippen LogP contribution in [-0.2, 0) is 0 Å². The maximum absolute atomic E-state index is 5.39. The fourth-order valence-electron chi connectivity index (χ4n) is 1.59. The Morgan fingerprint density at radius 2 is 1.79 bits per heavy atom. The summed E-state index contributed by atoms with van der Waals surface area (Å²) in [4.78, 5) is 10.7. The van der Waals surface area contributed by atoms with E-state index in [2.05, 4.69) is 46.4 Å². The van der Waals surface area contributed by atoms with Crippen LogP contribution in [-0.4, -0.2) is 55.2 Å². The van der Waals surface area contributed by atoms with Crippen molar-refractivity contribution in [3.05, 3.63) is 6.33 Å². The summed E-state index contributed by atoms with van der Waals surface area (Å²) in [5.74, 6) is 2.15. The molecule has 0 aliphatic rings. The number of methoxy groups -OCH3 is 1. The third-order valence-corrected chi connectivity index (χ3v) is 2.88. The molecule has 0 fully saturated rings. The number of likely N-dealkylation sites (N-methyl/N-ethyl adjacent to an activating group) is 1. The highest BCUT2D eigenvalue weighted by atomic mass is 16.5. The van der Waals surface area contributed by atoms with Crippen molar-refractivity contribution in [3.63, 3.8) is 0 Å². The van der Waals surface area contributed by atoms with E-state index in [1.807, 2.05) is 0 Å². The van der Waals surface area contributed by atoms with Gasteiger partial charge in [-0.2, -0.15) is 0 Å². The second-order valence-corrected chi connectivity index (χ2v) is 4.35. The van der Waals surface area contributed by atoms with Gasteiger partial charge in [-0.25, -0.2) is 9.97 Å². The van der Waals surface area contributed by atoms with Gasteiger partial charge in [0, 0.05) is 19.6 Å². The zero-order valence-corrected chi connectivity index (χ0v) is 12.4. The van der Waals surface area contributed by atoms with E-state index in [4.69, 9.17) is 4.74 Å². The summed E-state index contributed by atoms with van der Waals surface area (Å²) in [6.07, 6.45) is 2.59. The van der Waals surface area contributed by atoms with Crippen LogP contribution in [0.2, 0.25) is 0 Å². The van der Waals surface area contributed by atoms with E-state index < -0.39 is 0 Å². The molecule has 0 bridgehead atoms. The van der Waals surface area contributed by atoms with Crippen LogP contribution in [0.1, 0.15) is 20.3 Å². The minimum Gasteiger partial charge on any atom is -0.490 e. The van der Waals surface area contributed by atoms with E-state index >= 15 is 0 Å². The van der Waals surface area contributed by atoms with E-state index in [1.54, 1.807) is 13.4 Å². The van der Waals surface area contributed by atoms with Crippen molar-refractivity contribution in [3.8, 4) is 5.75 Å². The third kappa shape index (κ3) is 4.90. The molecule has 0 aromatic carbocycles. The largest absolute Gasteiger partial charge is 0.490 e. The highest BCUT2D eigenvalue weighted by Crippen LogP contribution is 2.28. The number of ether oxygens (including phenoxy) is 1. The topological polar surface area (TPSA) is 62.3 Å². The number of rotatable bonds is 9. The molecule has 1 aromatic heterocycles. The van der Waals surface area contributed by atoms with Gasteiger partial charge in [0.2, 0.25) is 5.75 Å². The highest BCUT2D eigenvalue weighted by molar-refractivity contribution is 5.63. The normalized spacial score (nSPS) is 10.6.